The summed E-state index contributed by atoms with van der Waals surface area (Å²) in [6, 6.07) is 80.6. The van der Waals surface area contributed by atoms with E-state index in [1.165, 1.54) is 43.8 Å². The summed E-state index contributed by atoms with van der Waals surface area (Å²) >= 11 is 0. The molecule has 0 N–H and O–H groups in total. The van der Waals surface area contributed by atoms with E-state index in [9.17, 15) is 0 Å². The van der Waals surface area contributed by atoms with E-state index in [-0.39, 0.29) is 0 Å². The molecule has 0 saturated heterocycles. The van der Waals surface area contributed by atoms with Crippen LogP contribution < -0.4 is 4.90 Å². The number of nitrogens with zero attached hydrogens (tertiary/aromatic N) is 1. The van der Waals surface area contributed by atoms with Gasteiger partial charge in [0.25, 0.3) is 0 Å². The highest BCUT2D eigenvalue weighted by molar-refractivity contribution is 6.16. The predicted molar refractivity (Wildman–Crippen MR) is 245 cm³/mol. The maximum Gasteiger partial charge on any atom is 0.143 e. The molecule has 58 heavy (non-hydrogen) atoms. The summed E-state index contributed by atoms with van der Waals surface area (Å²) in [4.78, 5) is 2.39. The number of hydrogen-bond donors (Lipinski definition) is 0. The molecule has 0 aliphatic carbocycles. The topological polar surface area (TPSA) is 16.4 Å². The van der Waals surface area contributed by atoms with Crippen molar-refractivity contribution in [3.8, 4) is 44.5 Å². The lowest BCUT2D eigenvalue weighted by Gasteiger charge is -2.27. The first-order valence-electron chi connectivity index (χ1n) is 19.8. The molecule has 10 aromatic carbocycles. The third kappa shape index (κ3) is 5.91. The molecule has 272 valence electrons. The molecule has 0 bridgehead atoms. The van der Waals surface area contributed by atoms with Gasteiger partial charge in [-0.3, -0.25) is 0 Å². The van der Waals surface area contributed by atoms with Gasteiger partial charge in [0, 0.05) is 33.1 Å². The summed E-state index contributed by atoms with van der Waals surface area (Å²) in [5, 5.41) is 7.11. The van der Waals surface area contributed by atoms with Crippen molar-refractivity contribution >= 4 is 60.5 Å². The van der Waals surface area contributed by atoms with Crippen LogP contribution in [-0.2, 0) is 0 Å². The SMILES string of the molecule is c1ccc(-c2cccc(-c3ccc(-c4cccc(N(c5ccc(-c6ccc7ccccc7c6)cc5)c5cccc6ccccc56)c4)c4c3oc3ccccc34)c2)cc1. The van der Waals surface area contributed by atoms with Gasteiger partial charge in [-0.25, -0.2) is 0 Å². The van der Waals surface area contributed by atoms with Crippen LogP contribution in [0.15, 0.2) is 229 Å². The number of rotatable bonds is 7. The number of fused-ring (bicyclic) bond motifs is 5. The Morgan fingerprint density at radius 1 is 0.310 bits per heavy atom. The van der Waals surface area contributed by atoms with E-state index in [1.807, 2.05) is 6.07 Å². The number of benzene rings is 10. The Balaban J connectivity index is 1.06. The van der Waals surface area contributed by atoms with Gasteiger partial charge in [-0.1, -0.05) is 170 Å². The van der Waals surface area contributed by atoms with Crippen LogP contribution in [0.5, 0.6) is 0 Å². The second-order valence-corrected chi connectivity index (χ2v) is 14.9. The summed E-state index contributed by atoms with van der Waals surface area (Å²) < 4.78 is 6.77. The molecule has 11 aromatic rings. The summed E-state index contributed by atoms with van der Waals surface area (Å²) in [6.45, 7) is 0. The monoisotopic (exact) mass is 739 g/mol. The normalized spacial score (nSPS) is 11.4. The number of hydrogen-bond acceptors (Lipinski definition) is 2. The summed E-state index contributed by atoms with van der Waals surface area (Å²) in [7, 11) is 0. The van der Waals surface area contributed by atoms with E-state index in [1.54, 1.807) is 0 Å². The molecular formula is C56H37NO. The highest BCUT2D eigenvalue weighted by Gasteiger charge is 2.20. The standard InChI is InChI=1S/C56H37NO/c1-2-13-38(14-3-1)43-19-10-20-45(36-43)51-34-33-50(55-52-24-8-9-26-54(52)58-56(51)55)46-21-11-22-48(37-46)57(53-25-12-18-41-16-6-7-23-49(41)53)47-31-29-40(30-32-47)44-28-27-39-15-4-5-17-42(39)35-44/h1-37H. The fourth-order valence-electron chi connectivity index (χ4n) is 8.61. The Morgan fingerprint density at radius 3 is 1.76 bits per heavy atom. The second kappa shape index (κ2) is 14.1. The van der Waals surface area contributed by atoms with Crippen molar-refractivity contribution in [3.05, 3.63) is 224 Å². The fourth-order valence-corrected chi connectivity index (χ4v) is 8.61. The zero-order chi connectivity index (χ0) is 38.4. The third-order valence-corrected chi connectivity index (χ3v) is 11.4. The minimum absolute atomic E-state index is 0.880. The molecule has 2 nitrogen and oxygen atoms in total. The van der Waals surface area contributed by atoms with E-state index in [4.69, 9.17) is 4.42 Å². The number of para-hydroxylation sites is 1. The van der Waals surface area contributed by atoms with Gasteiger partial charge < -0.3 is 9.32 Å². The third-order valence-electron chi connectivity index (χ3n) is 11.4. The van der Waals surface area contributed by atoms with E-state index in [2.05, 4.69) is 223 Å². The molecule has 0 saturated carbocycles. The van der Waals surface area contributed by atoms with E-state index in [0.717, 1.165) is 61.3 Å². The van der Waals surface area contributed by atoms with Gasteiger partial charge in [0.1, 0.15) is 11.2 Å². The molecule has 0 unspecified atom stereocenters. The van der Waals surface area contributed by atoms with Gasteiger partial charge in [-0.2, -0.15) is 0 Å². The Kier molecular flexibility index (Phi) is 8.19. The van der Waals surface area contributed by atoms with Crippen LogP contribution in [0.3, 0.4) is 0 Å². The lowest BCUT2D eigenvalue weighted by atomic mass is 9.93. The van der Waals surface area contributed by atoms with Crippen molar-refractivity contribution < 1.29 is 4.42 Å². The van der Waals surface area contributed by atoms with Gasteiger partial charge in [-0.15, -0.1) is 0 Å². The fraction of sp³-hybridized carbons (Fsp3) is 0. The van der Waals surface area contributed by atoms with Crippen LogP contribution in [0.4, 0.5) is 17.1 Å². The molecule has 0 aliphatic heterocycles. The van der Waals surface area contributed by atoms with E-state index in [0.29, 0.717) is 0 Å². The summed E-state index contributed by atoms with van der Waals surface area (Å²) in [5.74, 6) is 0. The molecule has 0 amide bonds. The highest BCUT2D eigenvalue weighted by Crippen LogP contribution is 2.45. The molecule has 0 radical (unpaired) electrons. The molecule has 0 aliphatic rings. The van der Waals surface area contributed by atoms with Crippen molar-refractivity contribution in [2.24, 2.45) is 0 Å². The molecule has 0 fully saturated rings. The van der Waals surface area contributed by atoms with Crippen molar-refractivity contribution in [3.63, 3.8) is 0 Å². The lowest BCUT2D eigenvalue weighted by Crippen LogP contribution is -2.10. The van der Waals surface area contributed by atoms with Gasteiger partial charge in [0.15, 0.2) is 0 Å². The van der Waals surface area contributed by atoms with Crippen molar-refractivity contribution in [2.75, 3.05) is 4.90 Å². The minimum Gasteiger partial charge on any atom is -0.455 e. The zero-order valence-electron chi connectivity index (χ0n) is 31.7. The Labute approximate surface area is 337 Å². The van der Waals surface area contributed by atoms with Crippen molar-refractivity contribution in [1.82, 2.24) is 0 Å². The van der Waals surface area contributed by atoms with E-state index < -0.39 is 0 Å². The minimum atomic E-state index is 0.880. The highest BCUT2D eigenvalue weighted by atomic mass is 16.3. The molecule has 1 heterocycles. The van der Waals surface area contributed by atoms with Crippen LogP contribution >= 0.6 is 0 Å². The molecule has 0 atom stereocenters. The summed E-state index contributed by atoms with van der Waals surface area (Å²) in [6.07, 6.45) is 0. The van der Waals surface area contributed by atoms with Gasteiger partial charge in [-0.05, 0) is 110 Å². The molecular weight excluding hydrogens is 703 g/mol. The van der Waals surface area contributed by atoms with Crippen LogP contribution in [0.1, 0.15) is 0 Å². The Bertz CT molecular complexity index is 3280. The molecule has 1 aromatic heterocycles. The van der Waals surface area contributed by atoms with E-state index >= 15 is 0 Å². The average Bonchev–Trinajstić information content (AvgIpc) is 3.69. The van der Waals surface area contributed by atoms with Crippen molar-refractivity contribution in [2.45, 2.75) is 0 Å². The number of furan rings is 1. The Morgan fingerprint density at radius 2 is 0.897 bits per heavy atom. The van der Waals surface area contributed by atoms with Crippen LogP contribution in [-0.4, -0.2) is 0 Å². The van der Waals surface area contributed by atoms with Gasteiger partial charge in [0.05, 0.1) is 5.69 Å². The quantitative estimate of drug-likeness (QED) is 0.162. The number of anilines is 3. The van der Waals surface area contributed by atoms with Crippen LogP contribution in [0.2, 0.25) is 0 Å². The maximum atomic E-state index is 6.77. The van der Waals surface area contributed by atoms with Gasteiger partial charge >= 0.3 is 0 Å². The lowest BCUT2D eigenvalue weighted by molar-refractivity contribution is 0.670. The van der Waals surface area contributed by atoms with Crippen LogP contribution in [0.25, 0.3) is 88.0 Å². The average molecular weight is 740 g/mol. The van der Waals surface area contributed by atoms with Crippen molar-refractivity contribution in [1.29, 1.82) is 0 Å². The molecule has 2 heteroatoms. The Hall–Kier alpha value is -7.68. The largest absolute Gasteiger partial charge is 0.455 e. The first-order chi connectivity index (χ1) is 28.7. The first kappa shape index (κ1) is 33.6. The van der Waals surface area contributed by atoms with Crippen LogP contribution in [0, 0.1) is 0 Å². The molecule has 0 spiro atoms. The first-order valence-corrected chi connectivity index (χ1v) is 19.8. The smallest absolute Gasteiger partial charge is 0.143 e. The molecule has 11 rings (SSSR count). The second-order valence-electron chi connectivity index (χ2n) is 14.9. The maximum absolute atomic E-state index is 6.77. The predicted octanol–water partition coefficient (Wildman–Crippen LogP) is 16.0. The summed E-state index contributed by atoms with van der Waals surface area (Å²) in [5.41, 5.74) is 14.3. The zero-order valence-corrected chi connectivity index (χ0v) is 31.7. The van der Waals surface area contributed by atoms with Gasteiger partial charge in [0.2, 0.25) is 0 Å².